The SMILES string of the molecule is COC[C@H](C)N=C(N)SCc1cc(OC)c(OC)cc1Br. The molecule has 1 aromatic rings. The Morgan fingerprint density at radius 2 is 1.90 bits per heavy atom. The van der Waals surface area contributed by atoms with E-state index in [9.17, 15) is 0 Å². The summed E-state index contributed by atoms with van der Waals surface area (Å²) >= 11 is 5.00. The van der Waals surface area contributed by atoms with E-state index < -0.39 is 0 Å². The van der Waals surface area contributed by atoms with Crippen LogP contribution < -0.4 is 15.2 Å². The van der Waals surface area contributed by atoms with Gasteiger partial charge in [-0.25, -0.2) is 0 Å². The zero-order valence-corrected chi connectivity index (χ0v) is 15.1. The van der Waals surface area contributed by atoms with Crippen molar-refractivity contribution >= 4 is 32.9 Å². The molecule has 0 aromatic heterocycles. The van der Waals surface area contributed by atoms with Gasteiger partial charge in [0.1, 0.15) is 0 Å². The average Bonchev–Trinajstić information content (AvgIpc) is 2.45. The summed E-state index contributed by atoms with van der Waals surface area (Å²) in [4.78, 5) is 4.35. The first-order chi connectivity index (χ1) is 10.0. The quantitative estimate of drug-likeness (QED) is 0.585. The third-order valence-corrected chi connectivity index (χ3v) is 4.28. The van der Waals surface area contributed by atoms with Gasteiger partial charge in [-0.3, -0.25) is 4.99 Å². The van der Waals surface area contributed by atoms with Crippen LogP contribution in [-0.4, -0.2) is 39.1 Å². The Balaban J connectivity index is 2.75. The van der Waals surface area contributed by atoms with E-state index >= 15 is 0 Å². The zero-order chi connectivity index (χ0) is 15.8. The number of halogens is 1. The van der Waals surface area contributed by atoms with Gasteiger partial charge in [-0.2, -0.15) is 0 Å². The van der Waals surface area contributed by atoms with Gasteiger partial charge in [-0.1, -0.05) is 27.7 Å². The molecule has 0 unspecified atom stereocenters. The van der Waals surface area contributed by atoms with Crippen LogP contribution in [0, 0.1) is 0 Å². The molecule has 0 aliphatic rings. The van der Waals surface area contributed by atoms with E-state index in [1.54, 1.807) is 21.3 Å². The molecule has 0 saturated heterocycles. The number of methoxy groups -OCH3 is 3. The van der Waals surface area contributed by atoms with Crippen molar-refractivity contribution < 1.29 is 14.2 Å². The second kappa shape index (κ2) is 9.17. The fourth-order valence-electron chi connectivity index (χ4n) is 1.69. The first-order valence-corrected chi connectivity index (χ1v) is 8.15. The molecule has 0 spiro atoms. The molecule has 2 N–H and O–H groups in total. The third-order valence-electron chi connectivity index (χ3n) is 2.68. The van der Waals surface area contributed by atoms with Crippen LogP contribution in [0.1, 0.15) is 12.5 Å². The van der Waals surface area contributed by atoms with Crippen LogP contribution >= 0.6 is 27.7 Å². The second-order valence-electron chi connectivity index (χ2n) is 4.36. The van der Waals surface area contributed by atoms with E-state index in [-0.39, 0.29) is 6.04 Å². The van der Waals surface area contributed by atoms with E-state index in [4.69, 9.17) is 19.9 Å². The van der Waals surface area contributed by atoms with Gasteiger partial charge in [-0.15, -0.1) is 0 Å². The predicted octanol–water partition coefficient (Wildman–Crippen LogP) is 3.05. The monoisotopic (exact) mass is 376 g/mol. The van der Waals surface area contributed by atoms with Crippen molar-refractivity contribution in [2.75, 3.05) is 27.9 Å². The zero-order valence-electron chi connectivity index (χ0n) is 12.7. The summed E-state index contributed by atoms with van der Waals surface area (Å²) in [5.74, 6) is 2.07. The van der Waals surface area contributed by atoms with Gasteiger partial charge in [0.15, 0.2) is 16.7 Å². The second-order valence-corrected chi connectivity index (χ2v) is 6.21. The fraction of sp³-hybridized carbons (Fsp3) is 0.500. The Morgan fingerprint density at radius 3 is 2.48 bits per heavy atom. The molecule has 118 valence electrons. The molecule has 0 bridgehead atoms. The number of amidine groups is 1. The fourth-order valence-corrected chi connectivity index (χ4v) is 3.14. The Kier molecular flexibility index (Phi) is 7.92. The molecule has 0 saturated carbocycles. The molecule has 0 radical (unpaired) electrons. The molecule has 0 amide bonds. The molecule has 1 atom stereocenters. The number of aliphatic imine (C=N–C) groups is 1. The summed E-state index contributed by atoms with van der Waals surface area (Å²) in [5.41, 5.74) is 6.98. The van der Waals surface area contributed by atoms with E-state index in [0.29, 0.717) is 29.0 Å². The lowest BCUT2D eigenvalue weighted by atomic mass is 10.2. The first-order valence-electron chi connectivity index (χ1n) is 6.37. The van der Waals surface area contributed by atoms with E-state index in [0.717, 1.165) is 10.0 Å². The predicted molar refractivity (Wildman–Crippen MR) is 91.5 cm³/mol. The minimum absolute atomic E-state index is 0.0522. The minimum atomic E-state index is 0.0522. The molecule has 7 heteroatoms. The maximum absolute atomic E-state index is 5.92. The van der Waals surface area contributed by atoms with Crippen molar-refractivity contribution in [2.45, 2.75) is 18.7 Å². The molecular formula is C14H21BrN2O3S. The first kappa shape index (κ1) is 18.1. The highest BCUT2D eigenvalue weighted by Gasteiger charge is 2.10. The van der Waals surface area contributed by atoms with Crippen LogP contribution in [0.4, 0.5) is 0 Å². The average molecular weight is 377 g/mol. The number of hydrogen-bond acceptors (Lipinski definition) is 5. The van der Waals surface area contributed by atoms with E-state index in [2.05, 4.69) is 20.9 Å². The number of benzene rings is 1. The molecule has 0 heterocycles. The van der Waals surface area contributed by atoms with Crippen LogP contribution in [0.3, 0.4) is 0 Å². The molecule has 0 fully saturated rings. The number of ether oxygens (including phenoxy) is 3. The van der Waals surface area contributed by atoms with Crippen molar-refractivity contribution in [1.29, 1.82) is 0 Å². The van der Waals surface area contributed by atoms with Crippen molar-refractivity contribution in [1.82, 2.24) is 0 Å². The lowest BCUT2D eigenvalue weighted by molar-refractivity contribution is 0.186. The minimum Gasteiger partial charge on any atom is -0.493 e. The highest BCUT2D eigenvalue weighted by Crippen LogP contribution is 2.34. The number of nitrogens with two attached hydrogens (primary N) is 1. The van der Waals surface area contributed by atoms with Gasteiger partial charge in [-0.05, 0) is 24.6 Å². The van der Waals surface area contributed by atoms with Gasteiger partial charge in [0.25, 0.3) is 0 Å². The highest BCUT2D eigenvalue weighted by atomic mass is 79.9. The van der Waals surface area contributed by atoms with Crippen molar-refractivity contribution in [3.05, 3.63) is 22.2 Å². The smallest absolute Gasteiger partial charge is 0.161 e. The molecule has 21 heavy (non-hydrogen) atoms. The van der Waals surface area contributed by atoms with Gasteiger partial charge in [0.2, 0.25) is 0 Å². The molecule has 1 rings (SSSR count). The number of nitrogens with zero attached hydrogens (tertiary/aromatic N) is 1. The maximum atomic E-state index is 5.92. The summed E-state index contributed by atoms with van der Waals surface area (Å²) in [6.07, 6.45) is 0. The Hall–Kier alpha value is -0.920. The van der Waals surface area contributed by atoms with Crippen LogP contribution in [-0.2, 0) is 10.5 Å². The number of hydrogen-bond donors (Lipinski definition) is 1. The van der Waals surface area contributed by atoms with Gasteiger partial charge in [0, 0.05) is 17.3 Å². The number of thioether (sulfide) groups is 1. The summed E-state index contributed by atoms with van der Waals surface area (Å²) in [6.45, 7) is 2.52. The summed E-state index contributed by atoms with van der Waals surface area (Å²) < 4.78 is 16.5. The van der Waals surface area contributed by atoms with E-state index in [1.165, 1.54) is 11.8 Å². The largest absolute Gasteiger partial charge is 0.493 e. The van der Waals surface area contributed by atoms with Gasteiger partial charge >= 0.3 is 0 Å². The van der Waals surface area contributed by atoms with Crippen LogP contribution in [0.5, 0.6) is 11.5 Å². The van der Waals surface area contributed by atoms with Gasteiger partial charge < -0.3 is 19.9 Å². The van der Waals surface area contributed by atoms with Crippen molar-refractivity contribution in [3.63, 3.8) is 0 Å². The lowest BCUT2D eigenvalue weighted by Crippen LogP contribution is -2.15. The molecule has 5 nitrogen and oxygen atoms in total. The third kappa shape index (κ3) is 5.76. The number of rotatable bonds is 7. The summed E-state index contributed by atoms with van der Waals surface area (Å²) in [5, 5.41) is 0.543. The lowest BCUT2D eigenvalue weighted by Gasteiger charge is -2.12. The Morgan fingerprint density at radius 1 is 1.29 bits per heavy atom. The Bertz CT molecular complexity index is 497. The van der Waals surface area contributed by atoms with Gasteiger partial charge in [0.05, 0.1) is 26.9 Å². The standard InChI is InChI=1S/C14H21BrN2O3S/c1-9(7-18-2)17-14(16)21-8-10-5-12(19-3)13(20-4)6-11(10)15/h5-6,9H,7-8H2,1-4H3,(H2,16,17)/t9-/m0/s1. The summed E-state index contributed by atoms with van der Waals surface area (Å²) in [7, 11) is 4.88. The van der Waals surface area contributed by atoms with E-state index in [1.807, 2.05) is 19.1 Å². The van der Waals surface area contributed by atoms with Crippen LogP contribution in [0.25, 0.3) is 0 Å². The Labute approximate surface area is 138 Å². The van der Waals surface area contributed by atoms with Crippen molar-refractivity contribution in [2.24, 2.45) is 10.7 Å². The molecular weight excluding hydrogens is 356 g/mol. The van der Waals surface area contributed by atoms with Crippen molar-refractivity contribution in [3.8, 4) is 11.5 Å². The van der Waals surface area contributed by atoms with Crippen LogP contribution in [0.2, 0.25) is 0 Å². The topological polar surface area (TPSA) is 66.1 Å². The molecule has 0 aliphatic carbocycles. The molecule has 0 aliphatic heterocycles. The molecule has 1 aromatic carbocycles. The normalized spacial score (nSPS) is 13.1. The van der Waals surface area contributed by atoms with Crippen LogP contribution in [0.15, 0.2) is 21.6 Å². The highest BCUT2D eigenvalue weighted by molar-refractivity contribution is 9.10. The summed E-state index contributed by atoms with van der Waals surface area (Å²) in [6, 6.07) is 3.87. The maximum Gasteiger partial charge on any atom is 0.161 e.